The zero-order valence-electron chi connectivity index (χ0n) is 12.4. The number of carbonyl (C=O) groups is 1. The molecule has 0 saturated heterocycles. The monoisotopic (exact) mass is 253 g/mol. The molecule has 0 aliphatic heterocycles. The molecule has 1 rings (SSSR count). The maximum atomic E-state index is 11.6. The van der Waals surface area contributed by atoms with E-state index in [0.29, 0.717) is 16.9 Å². The van der Waals surface area contributed by atoms with Gasteiger partial charge in [0.15, 0.2) is 0 Å². The predicted molar refractivity (Wildman–Crippen MR) is 74.3 cm³/mol. The molecule has 1 unspecified atom stereocenters. The van der Waals surface area contributed by atoms with Crippen LogP contribution in [0.5, 0.6) is 0 Å². The molecule has 1 saturated carbocycles. The highest BCUT2D eigenvalue weighted by molar-refractivity contribution is 5.77. The summed E-state index contributed by atoms with van der Waals surface area (Å²) in [6.07, 6.45) is 5.01. The lowest BCUT2D eigenvalue weighted by Gasteiger charge is -2.45. The van der Waals surface area contributed by atoms with E-state index < -0.39 is 6.04 Å². The lowest BCUT2D eigenvalue weighted by Crippen LogP contribution is -2.49. The van der Waals surface area contributed by atoms with Crippen LogP contribution >= 0.6 is 0 Å². The van der Waals surface area contributed by atoms with E-state index in [9.17, 15) is 4.79 Å². The van der Waals surface area contributed by atoms with Crippen molar-refractivity contribution >= 4 is 5.97 Å². The van der Waals surface area contributed by atoms with Crippen LogP contribution < -0.4 is 5.32 Å². The summed E-state index contributed by atoms with van der Waals surface area (Å²) in [6.45, 7) is 12.9. The van der Waals surface area contributed by atoms with Crippen molar-refractivity contribution in [1.82, 2.24) is 5.32 Å². The van der Waals surface area contributed by atoms with Crippen molar-refractivity contribution in [2.75, 3.05) is 7.11 Å². The maximum Gasteiger partial charge on any atom is 0.326 e. The van der Waals surface area contributed by atoms with Gasteiger partial charge in [-0.05, 0) is 30.1 Å². The third-order valence-corrected chi connectivity index (χ3v) is 3.66. The molecule has 3 nitrogen and oxygen atoms in total. The Kier molecular flexibility index (Phi) is 4.60. The summed E-state index contributed by atoms with van der Waals surface area (Å²) in [5.41, 5.74) is 0.614. The van der Waals surface area contributed by atoms with E-state index in [1.54, 1.807) is 6.08 Å². The Hall–Kier alpha value is -0.830. The summed E-state index contributed by atoms with van der Waals surface area (Å²) in [5.74, 6) is -0.258. The van der Waals surface area contributed by atoms with E-state index >= 15 is 0 Å². The van der Waals surface area contributed by atoms with Gasteiger partial charge in [-0.1, -0.05) is 33.8 Å². The minimum absolute atomic E-state index is 0.258. The number of methoxy groups -OCH3 is 1. The zero-order valence-corrected chi connectivity index (χ0v) is 12.4. The molecule has 18 heavy (non-hydrogen) atoms. The molecule has 0 aromatic carbocycles. The Labute approximate surface area is 111 Å². The molecular weight excluding hydrogens is 226 g/mol. The third-order valence-electron chi connectivity index (χ3n) is 3.66. The number of hydrogen-bond acceptors (Lipinski definition) is 3. The largest absolute Gasteiger partial charge is 0.468 e. The van der Waals surface area contributed by atoms with Crippen molar-refractivity contribution < 1.29 is 9.53 Å². The number of hydrogen-bond donors (Lipinski definition) is 1. The molecule has 0 heterocycles. The molecule has 0 aromatic heterocycles. The van der Waals surface area contributed by atoms with Crippen molar-refractivity contribution in [3.05, 3.63) is 12.7 Å². The van der Waals surface area contributed by atoms with Crippen LogP contribution in [0.2, 0.25) is 0 Å². The molecule has 1 aliphatic carbocycles. The minimum Gasteiger partial charge on any atom is -0.468 e. The molecule has 1 atom stereocenters. The molecule has 0 aromatic rings. The van der Waals surface area contributed by atoms with Gasteiger partial charge in [0, 0.05) is 6.04 Å². The van der Waals surface area contributed by atoms with Crippen molar-refractivity contribution in [3.63, 3.8) is 0 Å². The topological polar surface area (TPSA) is 38.3 Å². The van der Waals surface area contributed by atoms with Crippen LogP contribution in [0.3, 0.4) is 0 Å². The number of esters is 1. The first-order chi connectivity index (χ1) is 8.19. The fourth-order valence-electron chi connectivity index (χ4n) is 3.58. The normalized spacial score (nSPS) is 24.3. The van der Waals surface area contributed by atoms with Crippen LogP contribution in [-0.4, -0.2) is 25.2 Å². The molecule has 104 valence electrons. The lowest BCUT2D eigenvalue weighted by molar-refractivity contribution is -0.142. The Bertz CT molecular complexity index is 304. The van der Waals surface area contributed by atoms with Gasteiger partial charge in [-0.3, -0.25) is 10.1 Å². The Morgan fingerprint density at radius 1 is 1.33 bits per heavy atom. The second-order valence-electron chi connectivity index (χ2n) is 7.01. The van der Waals surface area contributed by atoms with Crippen LogP contribution in [0.25, 0.3) is 0 Å². The van der Waals surface area contributed by atoms with Gasteiger partial charge in [0.2, 0.25) is 0 Å². The van der Waals surface area contributed by atoms with E-state index in [1.165, 1.54) is 13.5 Å². The second kappa shape index (κ2) is 5.43. The average molecular weight is 253 g/mol. The molecule has 0 amide bonds. The third kappa shape index (κ3) is 4.13. The predicted octanol–water partition coefficient (Wildman–Crippen LogP) is 2.91. The lowest BCUT2D eigenvalue weighted by atomic mass is 9.63. The van der Waals surface area contributed by atoms with Gasteiger partial charge < -0.3 is 4.74 Å². The second-order valence-corrected chi connectivity index (χ2v) is 7.01. The fraction of sp³-hybridized carbons (Fsp3) is 0.800. The van der Waals surface area contributed by atoms with E-state index in [-0.39, 0.29) is 5.97 Å². The van der Waals surface area contributed by atoms with Gasteiger partial charge in [-0.25, -0.2) is 0 Å². The highest BCUT2D eigenvalue weighted by atomic mass is 16.5. The van der Waals surface area contributed by atoms with Crippen LogP contribution in [0, 0.1) is 10.8 Å². The van der Waals surface area contributed by atoms with E-state index in [4.69, 9.17) is 4.74 Å². The summed E-state index contributed by atoms with van der Waals surface area (Å²) in [6, 6.07) is -0.0597. The average Bonchev–Trinajstić information content (AvgIpc) is 2.20. The van der Waals surface area contributed by atoms with Gasteiger partial charge in [0.1, 0.15) is 6.04 Å². The first kappa shape index (κ1) is 15.2. The summed E-state index contributed by atoms with van der Waals surface area (Å²) in [5, 5.41) is 3.37. The van der Waals surface area contributed by atoms with Crippen molar-refractivity contribution in [2.24, 2.45) is 10.8 Å². The van der Waals surface area contributed by atoms with Crippen molar-refractivity contribution in [2.45, 2.75) is 59.0 Å². The van der Waals surface area contributed by atoms with E-state index in [1.807, 2.05) is 0 Å². The molecular formula is C15H27NO2. The fourth-order valence-corrected chi connectivity index (χ4v) is 3.58. The number of nitrogens with one attached hydrogen (secondary N) is 1. The summed E-state index contributed by atoms with van der Waals surface area (Å²) >= 11 is 0. The quantitative estimate of drug-likeness (QED) is 0.618. The molecule has 0 bridgehead atoms. The van der Waals surface area contributed by atoms with Crippen LogP contribution in [0.15, 0.2) is 12.7 Å². The molecule has 0 radical (unpaired) electrons. The maximum absolute atomic E-state index is 11.6. The molecule has 1 N–H and O–H groups in total. The molecule has 0 spiro atoms. The van der Waals surface area contributed by atoms with Crippen molar-refractivity contribution in [1.29, 1.82) is 0 Å². The van der Waals surface area contributed by atoms with E-state index in [2.05, 4.69) is 39.6 Å². The Morgan fingerprint density at radius 3 is 2.22 bits per heavy atom. The van der Waals surface area contributed by atoms with E-state index in [0.717, 1.165) is 12.8 Å². The SMILES string of the molecule is C=CC(NC1CC(C)(C)CC(C)(C)C1)C(=O)OC. The van der Waals surface area contributed by atoms with Gasteiger partial charge in [0.25, 0.3) is 0 Å². The van der Waals surface area contributed by atoms with Gasteiger partial charge in [-0.2, -0.15) is 0 Å². The number of carbonyl (C=O) groups excluding carboxylic acids is 1. The summed E-state index contributed by atoms with van der Waals surface area (Å²) in [4.78, 5) is 11.6. The highest BCUT2D eigenvalue weighted by Crippen LogP contribution is 2.45. The first-order valence-electron chi connectivity index (χ1n) is 6.65. The van der Waals surface area contributed by atoms with Gasteiger partial charge in [0.05, 0.1) is 7.11 Å². The number of rotatable bonds is 4. The van der Waals surface area contributed by atoms with Crippen molar-refractivity contribution in [3.8, 4) is 0 Å². The summed E-state index contributed by atoms with van der Waals surface area (Å²) < 4.78 is 4.78. The zero-order chi connectivity index (χ0) is 14.0. The first-order valence-corrected chi connectivity index (χ1v) is 6.65. The summed E-state index contributed by atoms with van der Waals surface area (Å²) in [7, 11) is 1.41. The van der Waals surface area contributed by atoms with Crippen LogP contribution in [-0.2, 0) is 9.53 Å². The van der Waals surface area contributed by atoms with Gasteiger partial charge >= 0.3 is 5.97 Å². The van der Waals surface area contributed by atoms with Crippen LogP contribution in [0.4, 0.5) is 0 Å². The number of ether oxygens (including phenoxy) is 1. The molecule has 3 heteroatoms. The minimum atomic E-state index is -0.398. The smallest absolute Gasteiger partial charge is 0.326 e. The molecule has 1 fully saturated rings. The van der Waals surface area contributed by atoms with Gasteiger partial charge in [-0.15, -0.1) is 6.58 Å². The standard InChI is InChI=1S/C15H27NO2/c1-7-12(13(17)18-6)16-11-8-14(2,3)10-15(4,5)9-11/h7,11-12,16H,1,8-10H2,2-6H3. The highest BCUT2D eigenvalue weighted by Gasteiger charge is 2.39. The molecule has 1 aliphatic rings. The Balaban J connectivity index is 2.71. The van der Waals surface area contributed by atoms with Crippen LogP contribution in [0.1, 0.15) is 47.0 Å². The Morgan fingerprint density at radius 2 is 1.83 bits per heavy atom.